The molecule has 0 aliphatic rings. The summed E-state index contributed by atoms with van der Waals surface area (Å²) in [5.74, 6) is 0.591. The highest BCUT2D eigenvalue weighted by Crippen LogP contribution is 2.31. The van der Waals surface area contributed by atoms with E-state index in [2.05, 4.69) is 5.16 Å². The minimum atomic E-state index is -0.850. The number of carbonyl (C=O) groups is 1. The predicted molar refractivity (Wildman–Crippen MR) is 118 cm³/mol. The summed E-state index contributed by atoms with van der Waals surface area (Å²) < 4.78 is 16.8. The van der Waals surface area contributed by atoms with Crippen LogP contribution >= 0.6 is 0 Å². The summed E-state index contributed by atoms with van der Waals surface area (Å²) >= 11 is 0. The zero-order valence-electron chi connectivity index (χ0n) is 18.3. The molecule has 7 nitrogen and oxygen atoms in total. The molecule has 2 aromatic carbocycles. The Morgan fingerprint density at radius 1 is 1.16 bits per heavy atom. The van der Waals surface area contributed by atoms with Gasteiger partial charge in [-0.2, -0.15) is 0 Å². The van der Waals surface area contributed by atoms with E-state index in [0.717, 1.165) is 28.0 Å². The van der Waals surface area contributed by atoms with E-state index in [9.17, 15) is 4.79 Å². The van der Waals surface area contributed by atoms with Crippen molar-refractivity contribution in [3.05, 3.63) is 59.7 Å². The second-order valence-electron chi connectivity index (χ2n) is 7.76. The van der Waals surface area contributed by atoms with Crippen LogP contribution in [-0.2, 0) is 22.7 Å². The fraction of sp³-hybridized carbons (Fsp3) is 0.333. The standard InChI is InChI=1S/C24H28N2O5/c1-16(2)30-22-9-8-19(11-20(22)15-29-4)23-12-21(25-31-23)18-7-5-6-17(10-18)13-26(3)14-24(27)28/h5-12,16H,13-15H2,1-4H3,(H,27,28). The molecule has 0 bridgehead atoms. The molecule has 0 unspecified atom stereocenters. The Labute approximate surface area is 182 Å². The molecule has 1 N–H and O–H groups in total. The van der Waals surface area contributed by atoms with Crippen molar-refractivity contribution in [3.8, 4) is 28.3 Å². The molecule has 1 heterocycles. The highest BCUT2D eigenvalue weighted by atomic mass is 16.5. The molecular weight excluding hydrogens is 396 g/mol. The molecule has 0 amide bonds. The van der Waals surface area contributed by atoms with E-state index in [1.54, 1.807) is 19.1 Å². The zero-order valence-corrected chi connectivity index (χ0v) is 18.3. The van der Waals surface area contributed by atoms with Gasteiger partial charge in [-0.1, -0.05) is 23.4 Å². The number of carboxylic acid groups (broad SMARTS) is 1. The fourth-order valence-electron chi connectivity index (χ4n) is 3.34. The van der Waals surface area contributed by atoms with Crippen LogP contribution in [0.3, 0.4) is 0 Å². The lowest BCUT2D eigenvalue weighted by atomic mass is 10.0. The van der Waals surface area contributed by atoms with Crippen LogP contribution in [0.5, 0.6) is 5.75 Å². The smallest absolute Gasteiger partial charge is 0.317 e. The molecule has 7 heteroatoms. The van der Waals surface area contributed by atoms with Crippen LogP contribution in [0, 0.1) is 0 Å². The Hall–Kier alpha value is -3.16. The maximum atomic E-state index is 10.9. The maximum absolute atomic E-state index is 10.9. The van der Waals surface area contributed by atoms with Crippen molar-refractivity contribution in [1.82, 2.24) is 10.1 Å². The summed E-state index contributed by atoms with van der Waals surface area (Å²) in [6, 6.07) is 15.6. The first-order chi connectivity index (χ1) is 14.9. The van der Waals surface area contributed by atoms with Gasteiger partial charge in [0.05, 0.1) is 19.3 Å². The van der Waals surface area contributed by atoms with Crippen molar-refractivity contribution in [2.75, 3.05) is 20.7 Å². The van der Waals surface area contributed by atoms with E-state index in [0.29, 0.717) is 24.6 Å². The molecule has 3 aromatic rings. The summed E-state index contributed by atoms with van der Waals surface area (Å²) in [4.78, 5) is 12.6. The summed E-state index contributed by atoms with van der Waals surface area (Å²) in [7, 11) is 3.43. The molecule has 0 saturated carbocycles. The van der Waals surface area contributed by atoms with Crippen molar-refractivity contribution in [3.63, 3.8) is 0 Å². The van der Waals surface area contributed by atoms with E-state index in [-0.39, 0.29) is 12.6 Å². The number of hydrogen-bond donors (Lipinski definition) is 1. The Balaban J connectivity index is 1.82. The second kappa shape index (κ2) is 10.2. The monoisotopic (exact) mass is 424 g/mol. The maximum Gasteiger partial charge on any atom is 0.317 e. The number of nitrogens with zero attached hydrogens (tertiary/aromatic N) is 2. The SMILES string of the molecule is COCc1cc(-c2cc(-c3cccc(CN(C)CC(=O)O)c3)no2)ccc1OC(C)C. The normalized spacial score (nSPS) is 11.3. The van der Waals surface area contributed by atoms with Gasteiger partial charge in [0.25, 0.3) is 0 Å². The number of carboxylic acids is 1. The van der Waals surface area contributed by atoms with Gasteiger partial charge in [-0.25, -0.2) is 0 Å². The van der Waals surface area contributed by atoms with E-state index in [1.165, 1.54) is 0 Å². The largest absolute Gasteiger partial charge is 0.491 e. The molecule has 3 rings (SSSR count). The first kappa shape index (κ1) is 22.5. The van der Waals surface area contributed by atoms with Gasteiger partial charge >= 0.3 is 5.97 Å². The van der Waals surface area contributed by atoms with E-state index in [4.69, 9.17) is 19.1 Å². The van der Waals surface area contributed by atoms with E-state index < -0.39 is 5.97 Å². The fourth-order valence-corrected chi connectivity index (χ4v) is 3.34. The van der Waals surface area contributed by atoms with Crippen molar-refractivity contribution in [1.29, 1.82) is 0 Å². The van der Waals surface area contributed by atoms with Gasteiger partial charge in [-0.15, -0.1) is 0 Å². The van der Waals surface area contributed by atoms with Gasteiger partial charge in [0.1, 0.15) is 11.4 Å². The Bertz CT molecular complexity index is 1030. The number of aromatic nitrogens is 1. The van der Waals surface area contributed by atoms with Crippen LogP contribution < -0.4 is 4.74 Å². The van der Waals surface area contributed by atoms with Crippen LogP contribution in [0.15, 0.2) is 53.1 Å². The van der Waals surface area contributed by atoms with Gasteiger partial charge in [0.2, 0.25) is 0 Å². The molecule has 1 aromatic heterocycles. The number of benzene rings is 2. The van der Waals surface area contributed by atoms with Crippen molar-refractivity contribution in [2.45, 2.75) is 33.1 Å². The van der Waals surface area contributed by atoms with E-state index >= 15 is 0 Å². The van der Waals surface area contributed by atoms with Crippen LogP contribution in [0.2, 0.25) is 0 Å². The summed E-state index contributed by atoms with van der Waals surface area (Å²) in [5.41, 5.74) is 4.46. The average molecular weight is 424 g/mol. The lowest BCUT2D eigenvalue weighted by molar-refractivity contribution is -0.138. The average Bonchev–Trinajstić information content (AvgIpc) is 3.19. The second-order valence-corrected chi connectivity index (χ2v) is 7.76. The molecule has 0 radical (unpaired) electrons. The van der Waals surface area contributed by atoms with Crippen LogP contribution in [0.25, 0.3) is 22.6 Å². The topological polar surface area (TPSA) is 85.0 Å². The first-order valence-electron chi connectivity index (χ1n) is 10.1. The summed E-state index contributed by atoms with van der Waals surface area (Å²) in [6.07, 6.45) is 0.0696. The van der Waals surface area contributed by atoms with Crippen molar-refractivity contribution < 1.29 is 23.9 Å². The minimum Gasteiger partial charge on any atom is -0.491 e. The molecule has 31 heavy (non-hydrogen) atoms. The Morgan fingerprint density at radius 2 is 1.97 bits per heavy atom. The minimum absolute atomic E-state index is 0.0152. The highest BCUT2D eigenvalue weighted by Gasteiger charge is 2.13. The lowest BCUT2D eigenvalue weighted by Gasteiger charge is -2.14. The third kappa shape index (κ3) is 6.16. The Kier molecular flexibility index (Phi) is 7.44. The predicted octanol–water partition coefficient (Wildman–Crippen LogP) is 4.46. The summed E-state index contributed by atoms with van der Waals surface area (Å²) in [5, 5.41) is 13.2. The number of rotatable bonds is 10. The molecule has 0 spiro atoms. The van der Waals surface area contributed by atoms with Crippen molar-refractivity contribution >= 4 is 5.97 Å². The highest BCUT2D eigenvalue weighted by molar-refractivity contribution is 5.69. The molecule has 164 valence electrons. The van der Waals surface area contributed by atoms with Crippen LogP contribution in [0.4, 0.5) is 0 Å². The molecule has 0 aliphatic carbocycles. The van der Waals surface area contributed by atoms with Gasteiger partial charge < -0.3 is 19.1 Å². The molecular formula is C24H28N2O5. The summed E-state index contributed by atoms with van der Waals surface area (Å²) in [6.45, 7) is 4.92. The molecule has 0 atom stereocenters. The number of aliphatic carboxylic acids is 1. The third-order valence-electron chi connectivity index (χ3n) is 4.60. The van der Waals surface area contributed by atoms with Gasteiger partial charge in [-0.05, 0) is 50.7 Å². The number of methoxy groups -OCH3 is 1. The number of hydrogen-bond acceptors (Lipinski definition) is 6. The van der Waals surface area contributed by atoms with E-state index in [1.807, 2.05) is 62.4 Å². The van der Waals surface area contributed by atoms with Gasteiger partial charge in [0, 0.05) is 36.4 Å². The Morgan fingerprint density at radius 3 is 2.68 bits per heavy atom. The van der Waals surface area contributed by atoms with Crippen LogP contribution in [-0.4, -0.2) is 47.9 Å². The third-order valence-corrected chi connectivity index (χ3v) is 4.60. The molecule has 0 fully saturated rings. The lowest BCUT2D eigenvalue weighted by Crippen LogP contribution is -2.25. The first-order valence-corrected chi connectivity index (χ1v) is 10.1. The molecule has 0 saturated heterocycles. The number of ether oxygens (including phenoxy) is 2. The zero-order chi connectivity index (χ0) is 22.4. The quantitative estimate of drug-likeness (QED) is 0.514. The van der Waals surface area contributed by atoms with Gasteiger partial charge in [-0.3, -0.25) is 9.69 Å². The molecule has 0 aliphatic heterocycles. The van der Waals surface area contributed by atoms with Crippen molar-refractivity contribution in [2.24, 2.45) is 0 Å². The van der Waals surface area contributed by atoms with Crippen LogP contribution in [0.1, 0.15) is 25.0 Å². The number of likely N-dealkylation sites (N-methyl/N-ethyl adjacent to an activating group) is 1. The van der Waals surface area contributed by atoms with Gasteiger partial charge in [0.15, 0.2) is 5.76 Å².